The molecule has 4 heteroatoms. The van der Waals surface area contributed by atoms with Crippen LogP contribution in [0.4, 0.5) is 5.69 Å². The van der Waals surface area contributed by atoms with Gasteiger partial charge in [-0.05, 0) is 17.5 Å². The molecule has 70 valence electrons. The Morgan fingerprint density at radius 3 is 2.54 bits per heavy atom. The SMILES string of the molecule is CC(C)c1cc([N+](=O)[O-])ccc1S. The van der Waals surface area contributed by atoms with Crippen LogP contribution in [0.3, 0.4) is 0 Å². The molecule has 1 aromatic rings. The van der Waals surface area contributed by atoms with E-state index >= 15 is 0 Å². The Morgan fingerprint density at radius 2 is 2.08 bits per heavy atom. The van der Waals surface area contributed by atoms with Crippen molar-refractivity contribution in [2.24, 2.45) is 0 Å². The van der Waals surface area contributed by atoms with Crippen LogP contribution >= 0.6 is 12.6 Å². The van der Waals surface area contributed by atoms with Crippen molar-refractivity contribution < 1.29 is 4.92 Å². The summed E-state index contributed by atoms with van der Waals surface area (Å²) in [7, 11) is 0. The van der Waals surface area contributed by atoms with Crippen molar-refractivity contribution in [2.75, 3.05) is 0 Å². The average molecular weight is 197 g/mol. The second-order valence-corrected chi connectivity index (χ2v) is 3.64. The number of rotatable bonds is 2. The normalized spacial score (nSPS) is 10.5. The van der Waals surface area contributed by atoms with Gasteiger partial charge in [0.2, 0.25) is 0 Å². The van der Waals surface area contributed by atoms with Crippen molar-refractivity contribution in [1.29, 1.82) is 0 Å². The van der Waals surface area contributed by atoms with Crippen molar-refractivity contribution in [1.82, 2.24) is 0 Å². The van der Waals surface area contributed by atoms with Crippen molar-refractivity contribution in [2.45, 2.75) is 24.7 Å². The molecule has 0 saturated carbocycles. The molecule has 0 aliphatic heterocycles. The number of hydrogen-bond acceptors (Lipinski definition) is 3. The standard InChI is InChI=1S/C9H11NO2S/c1-6(2)8-5-7(10(11)12)3-4-9(8)13/h3-6,13H,1-2H3. The quantitative estimate of drug-likeness (QED) is 0.450. The number of non-ortho nitro benzene ring substituents is 1. The Hall–Kier alpha value is -1.03. The molecule has 0 amide bonds. The van der Waals surface area contributed by atoms with E-state index in [1.54, 1.807) is 12.1 Å². The molecule has 0 aliphatic carbocycles. The van der Waals surface area contributed by atoms with Gasteiger partial charge in [0, 0.05) is 17.0 Å². The summed E-state index contributed by atoms with van der Waals surface area (Å²) in [5.74, 6) is 0.257. The van der Waals surface area contributed by atoms with E-state index < -0.39 is 0 Å². The van der Waals surface area contributed by atoms with Gasteiger partial charge in [-0.15, -0.1) is 12.6 Å². The monoisotopic (exact) mass is 197 g/mol. The molecule has 13 heavy (non-hydrogen) atoms. The Labute approximate surface area is 82.3 Å². The van der Waals surface area contributed by atoms with Gasteiger partial charge in [-0.3, -0.25) is 10.1 Å². The first-order valence-corrected chi connectivity index (χ1v) is 4.44. The number of nitrogens with zero attached hydrogens (tertiary/aromatic N) is 1. The maximum absolute atomic E-state index is 10.5. The van der Waals surface area contributed by atoms with Crippen LogP contribution in [0.1, 0.15) is 25.3 Å². The van der Waals surface area contributed by atoms with E-state index in [0.717, 1.165) is 10.5 Å². The molecule has 0 bridgehead atoms. The average Bonchev–Trinajstić information content (AvgIpc) is 2.04. The van der Waals surface area contributed by atoms with Gasteiger partial charge in [-0.1, -0.05) is 13.8 Å². The highest BCUT2D eigenvalue weighted by Gasteiger charge is 2.10. The van der Waals surface area contributed by atoms with Crippen LogP contribution < -0.4 is 0 Å². The highest BCUT2D eigenvalue weighted by atomic mass is 32.1. The van der Waals surface area contributed by atoms with E-state index in [4.69, 9.17) is 0 Å². The highest BCUT2D eigenvalue weighted by Crippen LogP contribution is 2.26. The first-order chi connectivity index (χ1) is 6.02. The fourth-order valence-corrected chi connectivity index (χ4v) is 1.52. The number of nitro benzene ring substituents is 1. The predicted molar refractivity (Wildman–Crippen MR) is 54.4 cm³/mol. The molecule has 0 atom stereocenters. The second kappa shape index (κ2) is 3.79. The van der Waals surface area contributed by atoms with E-state index in [1.165, 1.54) is 6.07 Å². The van der Waals surface area contributed by atoms with Crippen LogP contribution in [-0.2, 0) is 0 Å². The van der Waals surface area contributed by atoms with Gasteiger partial charge in [-0.2, -0.15) is 0 Å². The predicted octanol–water partition coefficient (Wildman–Crippen LogP) is 3.01. The molecular weight excluding hydrogens is 186 g/mol. The first kappa shape index (κ1) is 10.1. The molecule has 0 saturated heterocycles. The number of nitro groups is 1. The zero-order valence-corrected chi connectivity index (χ0v) is 8.41. The van der Waals surface area contributed by atoms with Crippen LogP contribution in [-0.4, -0.2) is 4.92 Å². The second-order valence-electron chi connectivity index (χ2n) is 3.15. The summed E-state index contributed by atoms with van der Waals surface area (Å²) in [6.45, 7) is 3.97. The molecule has 0 aliphatic rings. The van der Waals surface area contributed by atoms with E-state index in [2.05, 4.69) is 12.6 Å². The van der Waals surface area contributed by atoms with E-state index in [9.17, 15) is 10.1 Å². The smallest absolute Gasteiger partial charge is 0.258 e. The van der Waals surface area contributed by atoms with Gasteiger partial charge in [-0.25, -0.2) is 0 Å². The van der Waals surface area contributed by atoms with Crippen molar-refractivity contribution in [3.05, 3.63) is 33.9 Å². The van der Waals surface area contributed by atoms with Crippen molar-refractivity contribution in [3.63, 3.8) is 0 Å². The first-order valence-electron chi connectivity index (χ1n) is 3.99. The van der Waals surface area contributed by atoms with E-state index in [1.807, 2.05) is 13.8 Å². The molecule has 0 heterocycles. The van der Waals surface area contributed by atoms with Crippen LogP contribution in [0.15, 0.2) is 23.1 Å². The molecule has 0 aromatic heterocycles. The third-order valence-electron chi connectivity index (χ3n) is 1.84. The molecule has 0 unspecified atom stereocenters. The van der Waals surface area contributed by atoms with Crippen molar-refractivity contribution >= 4 is 18.3 Å². The molecular formula is C9H11NO2S. The van der Waals surface area contributed by atoms with Gasteiger partial charge < -0.3 is 0 Å². The van der Waals surface area contributed by atoms with Crippen LogP contribution in [0.5, 0.6) is 0 Å². The van der Waals surface area contributed by atoms with Crippen LogP contribution in [0.2, 0.25) is 0 Å². The Balaban J connectivity index is 3.19. The Morgan fingerprint density at radius 1 is 1.46 bits per heavy atom. The molecule has 0 spiro atoms. The van der Waals surface area contributed by atoms with Gasteiger partial charge in [0.05, 0.1) is 4.92 Å². The molecule has 0 N–H and O–H groups in total. The zero-order chi connectivity index (χ0) is 10.0. The molecule has 0 radical (unpaired) electrons. The van der Waals surface area contributed by atoms with Crippen molar-refractivity contribution in [3.8, 4) is 0 Å². The summed E-state index contributed by atoms with van der Waals surface area (Å²) in [4.78, 5) is 10.9. The summed E-state index contributed by atoms with van der Waals surface area (Å²) in [5, 5.41) is 10.5. The van der Waals surface area contributed by atoms with Crippen LogP contribution in [0.25, 0.3) is 0 Å². The maximum Gasteiger partial charge on any atom is 0.269 e. The fourth-order valence-electron chi connectivity index (χ4n) is 1.12. The van der Waals surface area contributed by atoms with Crippen LogP contribution in [0, 0.1) is 10.1 Å². The van der Waals surface area contributed by atoms with Gasteiger partial charge in [0.1, 0.15) is 0 Å². The minimum absolute atomic E-state index is 0.126. The largest absolute Gasteiger partial charge is 0.269 e. The maximum atomic E-state index is 10.5. The lowest BCUT2D eigenvalue weighted by atomic mass is 10.0. The lowest BCUT2D eigenvalue weighted by molar-refractivity contribution is -0.385. The third-order valence-corrected chi connectivity index (χ3v) is 2.25. The summed E-state index contributed by atoms with van der Waals surface area (Å²) in [6, 6.07) is 4.71. The van der Waals surface area contributed by atoms with E-state index in [-0.39, 0.29) is 16.5 Å². The molecule has 1 rings (SSSR count). The summed E-state index contributed by atoms with van der Waals surface area (Å²) < 4.78 is 0. The number of benzene rings is 1. The van der Waals surface area contributed by atoms with Gasteiger partial charge in [0.25, 0.3) is 5.69 Å². The minimum atomic E-state index is -0.390. The molecule has 0 fully saturated rings. The van der Waals surface area contributed by atoms with E-state index in [0.29, 0.717) is 0 Å². The lowest BCUT2D eigenvalue weighted by Crippen LogP contribution is -1.93. The topological polar surface area (TPSA) is 43.1 Å². The lowest BCUT2D eigenvalue weighted by Gasteiger charge is -2.07. The summed E-state index contributed by atoms with van der Waals surface area (Å²) in [6.07, 6.45) is 0. The Bertz CT molecular complexity index is 336. The van der Waals surface area contributed by atoms with Gasteiger partial charge in [0.15, 0.2) is 0 Å². The number of hydrogen-bond donors (Lipinski definition) is 1. The Kier molecular flexibility index (Phi) is 2.93. The summed E-state index contributed by atoms with van der Waals surface area (Å²) >= 11 is 4.23. The summed E-state index contributed by atoms with van der Waals surface area (Å²) in [5.41, 5.74) is 1.04. The fraction of sp³-hybridized carbons (Fsp3) is 0.333. The zero-order valence-electron chi connectivity index (χ0n) is 7.52. The number of thiol groups is 1. The molecule has 1 aromatic carbocycles. The minimum Gasteiger partial charge on any atom is -0.258 e. The molecule has 3 nitrogen and oxygen atoms in total. The third kappa shape index (κ3) is 2.21. The van der Waals surface area contributed by atoms with Gasteiger partial charge >= 0.3 is 0 Å². The highest BCUT2D eigenvalue weighted by molar-refractivity contribution is 7.80.